The van der Waals surface area contributed by atoms with Crippen molar-refractivity contribution in [3.05, 3.63) is 35.5 Å². The zero-order valence-corrected chi connectivity index (χ0v) is 37.5. The number of esters is 1. The zero-order chi connectivity index (χ0) is 39.7. The minimum atomic E-state index is -2.10. The molecule has 3 rings (SSSR count). The fourth-order valence-corrected chi connectivity index (χ4v) is 11.3. The van der Waals surface area contributed by atoms with Crippen LogP contribution in [0.5, 0.6) is 0 Å². The topological polar surface area (TPSA) is 102 Å². The maximum Gasteiger partial charge on any atom is 0.309 e. The number of carboxylic acid groups (broad SMARTS) is 1. The smallest absolute Gasteiger partial charge is 0.309 e. The third-order valence-corrected chi connectivity index (χ3v) is 22.8. The van der Waals surface area contributed by atoms with E-state index in [2.05, 4.69) is 100 Å². The average molecular weight is 761 g/mol. The molecule has 52 heavy (non-hydrogen) atoms. The molecule has 0 bridgehead atoms. The van der Waals surface area contributed by atoms with E-state index < -0.39 is 28.2 Å². The minimum absolute atomic E-state index is 0.0417. The van der Waals surface area contributed by atoms with Crippen LogP contribution in [0.15, 0.2) is 35.5 Å². The van der Waals surface area contributed by atoms with Gasteiger partial charge in [0.2, 0.25) is 0 Å². The number of fused-ring (bicyclic) bond motifs is 1. The number of rotatable bonds is 14. The Balaban J connectivity index is 2.01. The van der Waals surface area contributed by atoms with Crippen molar-refractivity contribution in [1.29, 1.82) is 0 Å². The average Bonchev–Trinajstić information content (AvgIpc) is 3.32. The van der Waals surface area contributed by atoms with Crippen LogP contribution in [-0.2, 0) is 23.2 Å². The van der Waals surface area contributed by atoms with Gasteiger partial charge in [0.05, 0.1) is 30.1 Å². The zero-order valence-electron chi connectivity index (χ0n) is 35.5. The van der Waals surface area contributed by atoms with Crippen LogP contribution in [0.25, 0.3) is 0 Å². The molecule has 9 heteroatoms. The molecule has 3 aliphatic rings. The van der Waals surface area contributed by atoms with Crippen molar-refractivity contribution in [2.45, 2.75) is 188 Å². The van der Waals surface area contributed by atoms with Crippen molar-refractivity contribution in [2.75, 3.05) is 6.61 Å². The largest absolute Gasteiger partial charge is 0.481 e. The Bertz CT molecular complexity index is 1340. The molecule has 0 radical (unpaired) electrons. The minimum Gasteiger partial charge on any atom is -0.481 e. The van der Waals surface area contributed by atoms with Crippen LogP contribution in [0.2, 0.25) is 36.3 Å². The SMILES string of the molecule is C=C1/C(=C\C=C2/C[C@H](C(=O)OCCC(=O)O)C[C@]3(C)[C@@H]([C@H](C)CCCC(C)(C)O)CC[C@@H]23)C[C@@H](O[Si](C)(C)C(C)(C)C)C[C@@H]1O[Si](C)(C)C(C)(C)C. The Morgan fingerprint density at radius 1 is 0.962 bits per heavy atom. The Labute approximate surface area is 319 Å². The second kappa shape index (κ2) is 16.7. The number of carboxylic acids is 1. The summed E-state index contributed by atoms with van der Waals surface area (Å²) in [7, 11) is -4.15. The first-order valence-corrected chi connectivity index (χ1v) is 25.9. The quantitative estimate of drug-likeness (QED) is 0.134. The number of hydrogen-bond donors (Lipinski definition) is 2. The normalized spacial score (nSPS) is 30.1. The van der Waals surface area contributed by atoms with Crippen molar-refractivity contribution >= 4 is 28.6 Å². The van der Waals surface area contributed by atoms with E-state index in [1.54, 1.807) is 0 Å². The van der Waals surface area contributed by atoms with Gasteiger partial charge in [0, 0.05) is 6.42 Å². The molecule has 0 spiro atoms. The highest BCUT2D eigenvalue weighted by Crippen LogP contribution is 2.61. The predicted molar refractivity (Wildman–Crippen MR) is 218 cm³/mol. The van der Waals surface area contributed by atoms with E-state index >= 15 is 0 Å². The lowest BCUT2D eigenvalue weighted by Crippen LogP contribution is -2.49. The summed E-state index contributed by atoms with van der Waals surface area (Å²) in [4.78, 5) is 24.8. The molecule has 2 N–H and O–H groups in total. The third-order valence-electron chi connectivity index (χ3n) is 13.8. The molecule has 7 atom stereocenters. The predicted octanol–water partition coefficient (Wildman–Crippen LogP) is 11.0. The number of aliphatic carboxylic acids is 1. The maximum atomic E-state index is 13.6. The summed E-state index contributed by atoms with van der Waals surface area (Å²) in [5.41, 5.74) is 2.75. The number of aliphatic hydroxyl groups is 1. The number of ether oxygens (including phenoxy) is 1. The van der Waals surface area contributed by atoms with Gasteiger partial charge in [-0.25, -0.2) is 0 Å². The molecule has 0 heterocycles. The molecular formula is C43H76O7Si2. The van der Waals surface area contributed by atoms with Gasteiger partial charge in [-0.05, 0) is 123 Å². The molecule has 0 saturated heterocycles. The summed E-state index contributed by atoms with van der Waals surface area (Å²) in [5, 5.41) is 19.7. The van der Waals surface area contributed by atoms with Gasteiger partial charge in [0.25, 0.3) is 0 Å². The summed E-state index contributed by atoms with van der Waals surface area (Å²) >= 11 is 0. The monoisotopic (exact) mass is 761 g/mol. The molecule has 298 valence electrons. The van der Waals surface area contributed by atoms with E-state index in [0.29, 0.717) is 24.2 Å². The van der Waals surface area contributed by atoms with Crippen LogP contribution in [0.1, 0.15) is 133 Å². The number of carbonyl (C=O) groups is 2. The Hall–Kier alpha value is -1.53. The molecule has 7 nitrogen and oxygen atoms in total. The second-order valence-corrected chi connectivity index (χ2v) is 30.1. The summed E-state index contributed by atoms with van der Waals surface area (Å²) in [6.45, 7) is 36.0. The van der Waals surface area contributed by atoms with E-state index in [1.807, 2.05) is 13.8 Å². The highest BCUT2D eigenvalue weighted by Gasteiger charge is 2.54. The van der Waals surface area contributed by atoms with Crippen LogP contribution in [0.4, 0.5) is 0 Å². The van der Waals surface area contributed by atoms with Gasteiger partial charge in [-0.3, -0.25) is 9.59 Å². The molecule has 0 unspecified atom stereocenters. The number of carbonyl (C=O) groups excluding carboxylic acids is 1. The Kier molecular flexibility index (Phi) is 14.4. The molecule has 3 fully saturated rings. The van der Waals surface area contributed by atoms with Crippen LogP contribution in [0.3, 0.4) is 0 Å². The van der Waals surface area contributed by atoms with Gasteiger partial charge in [-0.15, -0.1) is 0 Å². The molecule has 0 aromatic rings. The summed E-state index contributed by atoms with van der Waals surface area (Å²) in [6, 6.07) is 0. The lowest BCUT2D eigenvalue weighted by atomic mass is 9.58. The van der Waals surface area contributed by atoms with E-state index in [4.69, 9.17) is 13.6 Å². The Morgan fingerprint density at radius 3 is 2.12 bits per heavy atom. The third kappa shape index (κ3) is 11.3. The fraction of sp³-hybridized carbons (Fsp3) is 0.814. The van der Waals surface area contributed by atoms with Crippen LogP contribution >= 0.6 is 0 Å². The maximum absolute atomic E-state index is 13.6. The molecule has 3 aliphatic carbocycles. The molecule has 0 amide bonds. The summed E-state index contributed by atoms with van der Waals surface area (Å²) in [6.07, 6.45) is 12.2. The highest BCUT2D eigenvalue weighted by molar-refractivity contribution is 6.74. The first kappa shape index (κ1) is 44.9. The van der Waals surface area contributed by atoms with Crippen LogP contribution in [-0.4, -0.2) is 63.2 Å². The molecular weight excluding hydrogens is 685 g/mol. The molecule has 3 saturated carbocycles. The van der Waals surface area contributed by atoms with Crippen molar-refractivity contribution in [1.82, 2.24) is 0 Å². The fourth-order valence-electron chi connectivity index (χ4n) is 8.66. The van der Waals surface area contributed by atoms with E-state index in [1.165, 1.54) is 11.1 Å². The lowest BCUT2D eigenvalue weighted by molar-refractivity contribution is -0.153. The van der Waals surface area contributed by atoms with Gasteiger partial charge >= 0.3 is 11.9 Å². The van der Waals surface area contributed by atoms with Crippen molar-refractivity contribution in [2.24, 2.45) is 29.1 Å². The van der Waals surface area contributed by atoms with E-state index in [0.717, 1.165) is 56.9 Å². The first-order valence-electron chi connectivity index (χ1n) is 20.1. The van der Waals surface area contributed by atoms with Crippen molar-refractivity contribution in [3.8, 4) is 0 Å². The van der Waals surface area contributed by atoms with Crippen molar-refractivity contribution in [3.63, 3.8) is 0 Å². The van der Waals surface area contributed by atoms with Crippen LogP contribution < -0.4 is 0 Å². The second-order valence-electron chi connectivity index (χ2n) is 20.6. The highest BCUT2D eigenvalue weighted by atomic mass is 28.4. The van der Waals surface area contributed by atoms with Gasteiger partial charge in [0.15, 0.2) is 16.6 Å². The van der Waals surface area contributed by atoms with E-state index in [-0.39, 0.29) is 52.6 Å². The molecule has 0 aromatic carbocycles. The lowest BCUT2D eigenvalue weighted by Gasteiger charge is -2.47. The number of hydrogen-bond acceptors (Lipinski definition) is 6. The van der Waals surface area contributed by atoms with Gasteiger partial charge in [-0.1, -0.05) is 92.5 Å². The van der Waals surface area contributed by atoms with E-state index in [9.17, 15) is 19.8 Å². The molecule has 0 aromatic heterocycles. The summed E-state index contributed by atoms with van der Waals surface area (Å²) in [5.74, 6) is -0.316. The standard InChI is InChI=1S/C43H76O7Si2/c1-29(17-16-23-42(9,10)47)35-20-21-36-32(25-33(28-43(35,36)11)39(46)48-24-22-38(44)45)19-18-31-26-34(49-51(12,13)40(3,4)5)27-37(30(31)2)50-52(14,15)41(6,7)8/h18-19,29,33-37,47H,2,16-17,20-28H2,1,3-15H3,(H,44,45)/b31-18-,32-19+/t29-,33+,34-,35-,36+,37+,43-/m1/s1. The first-order chi connectivity index (χ1) is 23.6. The molecule has 0 aliphatic heterocycles. The van der Waals surface area contributed by atoms with Gasteiger partial charge in [0.1, 0.15) is 6.61 Å². The van der Waals surface area contributed by atoms with Crippen molar-refractivity contribution < 1.29 is 33.4 Å². The summed E-state index contributed by atoms with van der Waals surface area (Å²) < 4.78 is 19.8. The van der Waals surface area contributed by atoms with Gasteiger partial charge < -0.3 is 23.8 Å². The van der Waals surface area contributed by atoms with Gasteiger partial charge in [-0.2, -0.15) is 0 Å². The number of allylic oxidation sites excluding steroid dienone is 3. The Morgan fingerprint density at radius 2 is 1.56 bits per heavy atom. The van der Waals surface area contributed by atoms with Crippen LogP contribution in [0, 0.1) is 29.1 Å².